The summed E-state index contributed by atoms with van der Waals surface area (Å²) in [7, 11) is 0. The van der Waals surface area contributed by atoms with Gasteiger partial charge in [-0.1, -0.05) is 19.9 Å². The lowest BCUT2D eigenvalue weighted by molar-refractivity contribution is -0.139. The van der Waals surface area contributed by atoms with E-state index in [9.17, 15) is 9.59 Å². The topological polar surface area (TPSA) is 91.3 Å². The fraction of sp³-hybridized carbons (Fsp3) is 0.500. The van der Waals surface area contributed by atoms with Crippen molar-refractivity contribution in [1.29, 1.82) is 0 Å². The summed E-state index contributed by atoms with van der Waals surface area (Å²) in [6.45, 7) is 4.24. The summed E-state index contributed by atoms with van der Waals surface area (Å²) in [6.07, 6.45) is 2.71. The van der Waals surface area contributed by atoms with E-state index in [1.807, 2.05) is 32.0 Å². The molecule has 20 heavy (non-hydrogen) atoms. The number of amides is 2. The first-order valence-electron chi connectivity index (χ1n) is 6.66. The first kappa shape index (κ1) is 15.9. The van der Waals surface area contributed by atoms with Crippen LogP contribution in [0.15, 0.2) is 24.4 Å². The van der Waals surface area contributed by atoms with Crippen LogP contribution in [0.25, 0.3) is 0 Å². The van der Waals surface area contributed by atoms with Gasteiger partial charge in [0.05, 0.1) is 0 Å². The number of pyridine rings is 1. The quantitative estimate of drug-likeness (QED) is 0.704. The second-order valence-corrected chi connectivity index (χ2v) is 4.99. The molecule has 1 rings (SSSR count). The number of aromatic nitrogens is 1. The Labute approximate surface area is 118 Å². The van der Waals surface area contributed by atoms with Crippen molar-refractivity contribution in [2.24, 2.45) is 5.92 Å². The van der Waals surface area contributed by atoms with Gasteiger partial charge in [-0.2, -0.15) is 0 Å². The van der Waals surface area contributed by atoms with Crippen LogP contribution < -0.4 is 10.6 Å². The largest absolute Gasteiger partial charge is 0.480 e. The average molecular weight is 279 g/mol. The van der Waals surface area contributed by atoms with E-state index in [1.54, 1.807) is 6.20 Å². The predicted octanol–water partition coefficient (Wildman–Crippen LogP) is 1.42. The van der Waals surface area contributed by atoms with E-state index in [1.165, 1.54) is 0 Å². The number of carbonyl (C=O) groups excluding carboxylic acids is 1. The van der Waals surface area contributed by atoms with Gasteiger partial charge in [-0.05, 0) is 24.5 Å². The van der Waals surface area contributed by atoms with Crippen LogP contribution in [0.4, 0.5) is 4.79 Å². The minimum Gasteiger partial charge on any atom is -0.480 e. The number of hydrogen-bond donors (Lipinski definition) is 3. The highest BCUT2D eigenvalue weighted by Gasteiger charge is 2.20. The maximum atomic E-state index is 11.6. The Bertz CT molecular complexity index is 435. The number of carboxylic acid groups (broad SMARTS) is 1. The molecule has 0 saturated carbocycles. The van der Waals surface area contributed by atoms with Gasteiger partial charge in [0.2, 0.25) is 0 Å². The van der Waals surface area contributed by atoms with Gasteiger partial charge in [0.1, 0.15) is 6.04 Å². The molecule has 0 radical (unpaired) electrons. The number of urea groups is 1. The molecule has 0 aliphatic carbocycles. The standard InChI is InChI=1S/C14H21N3O3/c1-10(2)9-12(13(18)19)17-14(20)16-8-6-11-5-3-4-7-15-11/h3-5,7,10,12H,6,8-9H2,1-2H3,(H,18,19)(H2,16,17,20)/t12-/m0/s1. The maximum Gasteiger partial charge on any atom is 0.326 e. The molecule has 3 N–H and O–H groups in total. The summed E-state index contributed by atoms with van der Waals surface area (Å²) < 4.78 is 0. The normalized spacial score (nSPS) is 11.9. The second kappa shape index (κ2) is 8.14. The van der Waals surface area contributed by atoms with Gasteiger partial charge in [-0.3, -0.25) is 4.98 Å². The Balaban J connectivity index is 2.33. The summed E-state index contributed by atoms with van der Waals surface area (Å²) in [5.74, 6) is -0.816. The van der Waals surface area contributed by atoms with E-state index in [0.29, 0.717) is 19.4 Å². The molecule has 0 aromatic carbocycles. The number of nitrogens with one attached hydrogen (secondary N) is 2. The van der Waals surface area contributed by atoms with Crippen LogP contribution in [0.1, 0.15) is 26.0 Å². The van der Waals surface area contributed by atoms with Crippen LogP contribution in [0, 0.1) is 5.92 Å². The first-order chi connectivity index (χ1) is 9.49. The first-order valence-corrected chi connectivity index (χ1v) is 6.66. The van der Waals surface area contributed by atoms with Crippen LogP contribution in [-0.4, -0.2) is 34.7 Å². The Kier molecular flexibility index (Phi) is 6.49. The lowest BCUT2D eigenvalue weighted by Gasteiger charge is -2.16. The molecule has 1 heterocycles. The van der Waals surface area contributed by atoms with Gasteiger partial charge in [0.25, 0.3) is 0 Å². The third-order valence-electron chi connectivity index (χ3n) is 2.70. The van der Waals surface area contributed by atoms with Gasteiger partial charge in [0, 0.05) is 24.9 Å². The van der Waals surface area contributed by atoms with E-state index < -0.39 is 18.0 Å². The molecular weight excluding hydrogens is 258 g/mol. The van der Waals surface area contributed by atoms with Crippen molar-refractivity contribution in [2.75, 3.05) is 6.54 Å². The fourth-order valence-corrected chi connectivity index (χ4v) is 1.75. The van der Waals surface area contributed by atoms with Gasteiger partial charge < -0.3 is 15.7 Å². The van der Waals surface area contributed by atoms with Crippen LogP contribution in [0.3, 0.4) is 0 Å². The van der Waals surface area contributed by atoms with Gasteiger partial charge in [-0.25, -0.2) is 9.59 Å². The van der Waals surface area contributed by atoms with Crippen molar-refractivity contribution < 1.29 is 14.7 Å². The summed E-state index contributed by atoms with van der Waals surface area (Å²) >= 11 is 0. The number of hydrogen-bond acceptors (Lipinski definition) is 3. The molecule has 2 amide bonds. The number of rotatable bonds is 7. The van der Waals surface area contributed by atoms with Gasteiger partial charge in [-0.15, -0.1) is 0 Å². The Morgan fingerprint density at radius 1 is 1.35 bits per heavy atom. The molecule has 0 aliphatic rings. The highest BCUT2D eigenvalue weighted by atomic mass is 16.4. The van der Waals surface area contributed by atoms with E-state index in [-0.39, 0.29) is 5.92 Å². The minimum absolute atomic E-state index is 0.199. The predicted molar refractivity (Wildman–Crippen MR) is 75.4 cm³/mol. The van der Waals surface area contributed by atoms with Crippen LogP contribution in [0.2, 0.25) is 0 Å². The summed E-state index contributed by atoms with van der Waals surface area (Å²) in [4.78, 5) is 26.8. The monoisotopic (exact) mass is 279 g/mol. The SMILES string of the molecule is CC(C)C[C@H](NC(=O)NCCc1ccccn1)C(=O)O. The summed E-state index contributed by atoms with van der Waals surface area (Å²) in [5.41, 5.74) is 0.879. The smallest absolute Gasteiger partial charge is 0.326 e. The summed E-state index contributed by atoms with van der Waals surface area (Å²) in [6, 6.07) is 4.26. The molecule has 6 heteroatoms. The second-order valence-electron chi connectivity index (χ2n) is 4.99. The minimum atomic E-state index is -1.02. The summed E-state index contributed by atoms with van der Waals surface area (Å²) in [5, 5.41) is 14.1. The molecule has 0 unspecified atom stereocenters. The lowest BCUT2D eigenvalue weighted by atomic mass is 10.0. The molecule has 0 saturated heterocycles. The molecule has 0 aliphatic heterocycles. The zero-order valence-electron chi connectivity index (χ0n) is 11.8. The zero-order chi connectivity index (χ0) is 15.0. The molecule has 1 aromatic rings. The van der Waals surface area contributed by atoms with E-state index in [2.05, 4.69) is 15.6 Å². The van der Waals surface area contributed by atoms with Crippen LogP contribution >= 0.6 is 0 Å². The molecule has 6 nitrogen and oxygen atoms in total. The van der Waals surface area contributed by atoms with Gasteiger partial charge in [0.15, 0.2) is 0 Å². The van der Waals surface area contributed by atoms with E-state index >= 15 is 0 Å². The van der Waals surface area contributed by atoms with Crippen molar-refractivity contribution in [2.45, 2.75) is 32.7 Å². The maximum absolute atomic E-state index is 11.6. The molecule has 1 aromatic heterocycles. The Morgan fingerprint density at radius 3 is 2.65 bits per heavy atom. The molecule has 0 bridgehead atoms. The van der Waals surface area contributed by atoms with Crippen LogP contribution in [0.5, 0.6) is 0 Å². The highest BCUT2D eigenvalue weighted by molar-refractivity contribution is 5.82. The van der Waals surface area contributed by atoms with Crippen molar-refractivity contribution in [3.8, 4) is 0 Å². The molecule has 110 valence electrons. The third kappa shape index (κ3) is 6.17. The van der Waals surface area contributed by atoms with E-state index in [0.717, 1.165) is 5.69 Å². The average Bonchev–Trinajstić information content (AvgIpc) is 2.38. The van der Waals surface area contributed by atoms with E-state index in [4.69, 9.17) is 5.11 Å². The van der Waals surface area contributed by atoms with Crippen LogP contribution in [-0.2, 0) is 11.2 Å². The number of carbonyl (C=O) groups is 2. The third-order valence-corrected chi connectivity index (χ3v) is 2.70. The molecule has 0 spiro atoms. The zero-order valence-corrected chi connectivity index (χ0v) is 11.8. The van der Waals surface area contributed by atoms with Crippen molar-refractivity contribution in [3.05, 3.63) is 30.1 Å². The number of nitrogens with zero attached hydrogens (tertiary/aromatic N) is 1. The van der Waals surface area contributed by atoms with Crippen molar-refractivity contribution in [3.63, 3.8) is 0 Å². The fourth-order valence-electron chi connectivity index (χ4n) is 1.75. The Hall–Kier alpha value is -2.11. The number of carboxylic acids is 1. The highest BCUT2D eigenvalue weighted by Crippen LogP contribution is 2.04. The molecule has 0 fully saturated rings. The van der Waals surface area contributed by atoms with Gasteiger partial charge >= 0.3 is 12.0 Å². The Morgan fingerprint density at radius 2 is 2.10 bits per heavy atom. The lowest BCUT2D eigenvalue weighted by Crippen LogP contribution is -2.47. The molecule has 1 atom stereocenters. The number of aliphatic carboxylic acids is 1. The van der Waals surface area contributed by atoms with Crippen molar-refractivity contribution in [1.82, 2.24) is 15.6 Å². The van der Waals surface area contributed by atoms with Crippen molar-refractivity contribution >= 4 is 12.0 Å². The molecular formula is C14H21N3O3.